The smallest absolute Gasteiger partial charge is 0.337 e. The molecule has 9 nitrogen and oxygen atoms in total. The monoisotopic (exact) mass is 378 g/mol. The van der Waals surface area contributed by atoms with Crippen molar-refractivity contribution in [2.45, 2.75) is 0 Å². The van der Waals surface area contributed by atoms with Crippen molar-refractivity contribution in [1.29, 1.82) is 0 Å². The molecule has 0 atom stereocenters. The van der Waals surface area contributed by atoms with E-state index in [4.69, 9.17) is 9.47 Å². The van der Waals surface area contributed by atoms with Gasteiger partial charge in [0.05, 0.1) is 30.4 Å². The standard InChI is InChI=1S/C17H15FN2O7/c1-25-15-7-10(17(22)26-2)3-6-14(15)27-9-16(21)19-13-8-11(20(23)24)4-5-12(13)18/h3-8H,9H2,1-2H3,(H,19,21). The molecule has 0 spiro atoms. The van der Waals surface area contributed by atoms with Gasteiger partial charge in [-0.15, -0.1) is 0 Å². The van der Waals surface area contributed by atoms with Gasteiger partial charge in [-0.25, -0.2) is 9.18 Å². The number of nitro groups is 1. The Morgan fingerprint density at radius 1 is 1.15 bits per heavy atom. The molecule has 0 fully saturated rings. The van der Waals surface area contributed by atoms with Crippen LogP contribution in [-0.4, -0.2) is 37.6 Å². The number of nitrogens with one attached hydrogen (secondary N) is 1. The van der Waals surface area contributed by atoms with Gasteiger partial charge in [0.15, 0.2) is 18.1 Å². The predicted molar refractivity (Wildman–Crippen MR) is 91.5 cm³/mol. The molecule has 0 unspecified atom stereocenters. The molecule has 2 aromatic rings. The van der Waals surface area contributed by atoms with Crippen molar-refractivity contribution in [2.24, 2.45) is 0 Å². The first-order valence-electron chi connectivity index (χ1n) is 7.48. The summed E-state index contributed by atoms with van der Waals surface area (Å²) in [4.78, 5) is 33.5. The number of anilines is 1. The van der Waals surface area contributed by atoms with Crippen LogP contribution in [-0.2, 0) is 9.53 Å². The van der Waals surface area contributed by atoms with Crippen LogP contribution in [0.1, 0.15) is 10.4 Å². The molecule has 0 radical (unpaired) electrons. The van der Waals surface area contributed by atoms with Crippen LogP contribution in [0.3, 0.4) is 0 Å². The van der Waals surface area contributed by atoms with Crippen LogP contribution in [0.2, 0.25) is 0 Å². The number of amides is 1. The number of carbonyl (C=O) groups is 2. The van der Waals surface area contributed by atoms with E-state index in [-0.39, 0.29) is 28.4 Å². The third-order valence-electron chi connectivity index (χ3n) is 3.38. The van der Waals surface area contributed by atoms with Crippen LogP contribution in [0.25, 0.3) is 0 Å². The van der Waals surface area contributed by atoms with Crippen LogP contribution in [0, 0.1) is 15.9 Å². The molecule has 27 heavy (non-hydrogen) atoms. The minimum atomic E-state index is -0.825. The van der Waals surface area contributed by atoms with E-state index in [0.29, 0.717) is 0 Å². The number of halogens is 1. The lowest BCUT2D eigenvalue weighted by molar-refractivity contribution is -0.384. The average molecular weight is 378 g/mol. The highest BCUT2D eigenvalue weighted by Gasteiger charge is 2.15. The Hall–Kier alpha value is -3.69. The summed E-state index contributed by atoms with van der Waals surface area (Å²) in [5.74, 6) is -1.78. The third kappa shape index (κ3) is 4.91. The van der Waals surface area contributed by atoms with Gasteiger partial charge in [0.25, 0.3) is 11.6 Å². The Morgan fingerprint density at radius 2 is 1.89 bits per heavy atom. The first-order valence-corrected chi connectivity index (χ1v) is 7.48. The van der Waals surface area contributed by atoms with Gasteiger partial charge in [0, 0.05) is 12.1 Å². The van der Waals surface area contributed by atoms with Crippen LogP contribution >= 0.6 is 0 Å². The van der Waals surface area contributed by atoms with E-state index in [2.05, 4.69) is 10.1 Å². The fourth-order valence-corrected chi connectivity index (χ4v) is 2.08. The van der Waals surface area contributed by atoms with E-state index in [0.717, 1.165) is 18.2 Å². The minimum absolute atomic E-state index is 0.166. The molecule has 0 aliphatic carbocycles. The Bertz CT molecular complexity index is 886. The summed E-state index contributed by atoms with van der Waals surface area (Å²) in [6.07, 6.45) is 0. The molecule has 0 saturated carbocycles. The van der Waals surface area contributed by atoms with Crippen LogP contribution in [0.4, 0.5) is 15.8 Å². The van der Waals surface area contributed by atoms with Crippen molar-refractivity contribution in [2.75, 3.05) is 26.1 Å². The first-order chi connectivity index (χ1) is 12.8. The molecule has 0 aliphatic heterocycles. The molecule has 0 bridgehead atoms. The summed E-state index contributed by atoms with van der Waals surface area (Å²) in [5, 5.41) is 12.9. The lowest BCUT2D eigenvalue weighted by Crippen LogP contribution is -2.21. The van der Waals surface area contributed by atoms with Gasteiger partial charge in [-0.1, -0.05) is 0 Å². The second-order valence-electron chi connectivity index (χ2n) is 5.12. The number of methoxy groups -OCH3 is 2. The number of rotatable bonds is 7. The summed E-state index contributed by atoms with van der Waals surface area (Å²) in [7, 11) is 2.58. The molecule has 1 amide bonds. The van der Waals surface area contributed by atoms with Crippen molar-refractivity contribution >= 4 is 23.3 Å². The van der Waals surface area contributed by atoms with Gasteiger partial charge in [0.1, 0.15) is 5.82 Å². The van der Waals surface area contributed by atoms with Crippen LogP contribution in [0.5, 0.6) is 11.5 Å². The zero-order chi connectivity index (χ0) is 20.0. The lowest BCUT2D eigenvalue weighted by Gasteiger charge is -2.12. The predicted octanol–water partition coefficient (Wildman–Crippen LogP) is 2.55. The number of benzene rings is 2. The number of hydrogen-bond donors (Lipinski definition) is 1. The fraction of sp³-hybridized carbons (Fsp3) is 0.176. The van der Waals surface area contributed by atoms with Crippen molar-refractivity contribution in [3.63, 3.8) is 0 Å². The highest BCUT2D eigenvalue weighted by Crippen LogP contribution is 2.28. The molecule has 0 aromatic heterocycles. The Morgan fingerprint density at radius 3 is 2.52 bits per heavy atom. The quantitative estimate of drug-likeness (QED) is 0.447. The summed E-state index contributed by atoms with van der Waals surface area (Å²) in [6, 6.07) is 6.96. The molecule has 0 saturated heterocycles. The highest BCUT2D eigenvalue weighted by atomic mass is 19.1. The summed E-state index contributed by atoms with van der Waals surface area (Å²) in [5.41, 5.74) is -0.483. The molecular weight excluding hydrogens is 363 g/mol. The maximum absolute atomic E-state index is 13.7. The maximum atomic E-state index is 13.7. The van der Waals surface area contributed by atoms with Gasteiger partial charge < -0.3 is 19.5 Å². The van der Waals surface area contributed by atoms with Gasteiger partial charge in [-0.2, -0.15) is 0 Å². The number of carbonyl (C=O) groups excluding carboxylic acids is 2. The number of ether oxygens (including phenoxy) is 3. The molecule has 2 aromatic carbocycles. The van der Waals surface area contributed by atoms with E-state index < -0.39 is 29.2 Å². The van der Waals surface area contributed by atoms with Gasteiger partial charge in [-0.05, 0) is 24.3 Å². The average Bonchev–Trinajstić information content (AvgIpc) is 2.67. The fourth-order valence-electron chi connectivity index (χ4n) is 2.08. The number of nitrogens with zero attached hydrogens (tertiary/aromatic N) is 1. The molecule has 1 N–H and O–H groups in total. The third-order valence-corrected chi connectivity index (χ3v) is 3.38. The SMILES string of the molecule is COC(=O)c1ccc(OCC(=O)Nc2cc([N+](=O)[O-])ccc2F)c(OC)c1. The van der Waals surface area contributed by atoms with E-state index >= 15 is 0 Å². The van der Waals surface area contributed by atoms with Crippen molar-refractivity contribution in [3.05, 3.63) is 57.9 Å². The number of nitro benzene ring substituents is 1. The van der Waals surface area contributed by atoms with Crippen molar-refractivity contribution in [3.8, 4) is 11.5 Å². The molecule has 2 rings (SSSR count). The first kappa shape index (κ1) is 19.6. The second-order valence-corrected chi connectivity index (χ2v) is 5.12. The molecule has 0 heterocycles. The van der Waals surface area contributed by atoms with E-state index in [1.54, 1.807) is 0 Å². The molecular formula is C17H15FN2O7. The second kappa shape index (κ2) is 8.61. The van der Waals surface area contributed by atoms with E-state index in [1.165, 1.54) is 32.4 Å². The molecule has 142 valence electrons. The van der Waals surface area contributed by atoms with Crippen LogP contribution in [0.15, 0.2) is 36.4 Å². The summed E-state index contributed by atoms with van der Waals surface area (Å²) in [6.45, 7) is -0.518. The summed E-state index contributed by atoms with van der Waals surface area (Å²) < 4.78 is 28.7. The largest absolute Gasteiger partial charge is 0.493 e. The van der Waals surface area contributed by atoms with Gasteiger partial charge in [-0.3, -0.25) is 14.9 Å². The Labute approximate surface area is 152 Å². The topological polar surface area (TPSA) is 117 Å². The zero-order valence-electron chi connectivity index (χ0n) is 14.4. The maximum Gasteiger partial charge on any atom is 0.337 e. The van der Waals surface area contributed by atoms with Gasteiger partial charge >= 0.3 is 5.97 Å². The Kier molecular flexibility index (Phi) is 6.26. The van der Waals surface area contributed by atoms with E-state index in [9.17, 15) is 24.1 Å². The number of esters is 1. The van der Waals surface area contributed by atoms with Crippen molar-refractivity contribution in [1.82, 2.24) is 0 Å². The summed E-state index contributed by atoms with van der Waals surface area (Å²) >= 11 is 0. The normalized spacial score (nSPS) is 10.0. The van der Waals surface area contributed by atoms with E-state index in [1.807, 2.05) is 0 Å². The highest BCUT2D eigenvalue weighted by molar-refractivity contribution is 5.92. The lowest BCUT2D eigenvalue weighted by atomic mass is 10.2. The van der Waals surface area contributed by atoms with Gasteiger partial charge in [0.2, 0.25) is 0 Å². The van der Waals surface area contributed by atoms with Crippen molar-refractivity contribution < 1.29 is 33.1 Å². The Balaban J connectivity index is 2.06. The number of non-ortho nitro benzene ring substituents is 1. The van der Waals surface area contributed by atoms with Crippen LogP contribution < -0.4 is 14.8 Å². The molecule has 10 heteroatoms. The zero-order valence-corrected chi connectivity index (χ0v) is 14.4. The minimum Gasteiger partial charge on any atom is -0.493 e. The molecule has 0 aliphatic rings. The number of hydrogen-bond acceptors (Lipinski definition) is 7.